The summed E-state index contributed by atoms with van der Waals surface area (Å²) in [4.78, 5) is 0. The van der Waals surface area contributed by atoms with Crippen molar-refractivity contribution in [2.24, 2.45) is 5.92 Å². The normalized spacial score (nSPS) is 24.5. The van der Waals surface area contributed by atoms with Gasteiger partial charge >= 0.3 is 0 Å². The predicted molar refractivity (Wildman–Crippen MR) is 74.0 cm³/mol. The molecule has 2 rings (SSSR count). The minimum Gasteiger partial charge on any atom is -0.371 e. The average Bonchev–Trinajstić information content (AvgIpc) is 2.30. The molecule has 0 amide bonds. The van der Waals surface area contributed by atoms with E-state index < -0.39 is 0 Å². The van der Waals surface area contributed by atoms with Gasteiger partial charge in [-0.2, -0.15) is 0 Å². The van der Waals surface area contributed by atoms with Crippen molar-refractivity contribution in [1.29, 1.82) is 0 Å². The molecule has 0 aromatic heterocycles. The Bertz CT molecular complexity index is 403. The molecule has 1 saturated heterocycles. The zero-order valence-electron chi connectivity index (χ0n) is 10.7. The van der Waals surface area contributed by atoms with Crippen molar-refractivity contribution in [2.45, 2.75) is 32.4 Å². The van der Waals surface area contributed by atoms with E-state index in [1.807, 2.05) is 0 Å². The Balaban J connectivity index is 1.97. The minimum atomic E-state index is -0.230. The lowest BCUT2D eigenvalue weighted by Gasteiger charge is -2.32. The van der Waals surface area contributed by atoms with Crippen LogP contribution in [0.25, 0.3) is 0 Å². The molecule has 1 heterocycles. The third-order valence-electron chi connectivity index (χ3n) is 3.16. The average molecular weight is 316 g/mol. The molecule has 0 aliphatic carbocycles. The third kappa shape index (κ3) is 3.53. The molecule has 100 valence electrons. The van der Waals surface area contributed by atoms with Crippen LogP contribution in [0.2, 0.25) is 0 Å². The monoisotopic (exact) mass is 315 g/mol. The topological polar surface area (TPSA) is 21.3 Å². The highest BCUT2D eigenvalue weighted by Gasteiger charge is 2.24. The number of rotatable bonds is 3. The number of ether oxygens (including phenoxy) is 1. The molecule has 1 N–H and O–H groups in total. The van der Waals surface area contributed by atoms with Crippen LogP contribution in [0.4, 0.5) is 4.39 Å². The first-order valence-electron chi connectivity index (χ1n) is 6.36. The molecule has 2 atom stereocenters. The van der Waals surface area contributed by atoms with Gasteiger partial charge in [0.15, 0.2) is 0 Å². The number of hydrogen-bond donors (Lipinski definition) is 1. The second kappa shape index (κ2) is 6.13. The molecular weight excluding hydrogens is 297 g/mol. The van der Waals surface area contributed by atoms with Crippen LogP contribution in [0.5, 0.6) is 0 Å². The van der Waals surface area contributed by atoms with Crippen LogP contribution >= 0.6 is 15.9 Å². The van der Waals surface area contributed by atoms with Gasteiger partial charge < -0.3 is 10.1 Å². The highest BCUT2D eigenvalue weighted by molar-refractivity contribution is 9.10. The van der Waals surface area contributed by atoms with E-state index in [0.29, 0.717) is 18.6 Å². The second-order valence-electron chi connectivity index (χ2n) is 5.22. The Labute approximate surface area is 116 Å². The predicted octanol–water partition coefficient (Wildman–Crippen LogP) is 3.66. The Hall–Kier alpha value is -0.450. The third-order valence-corrected chi connectivity index (χ3v) is 3.84. The molecule has 2 nitrogen and oxygen atoms in total. The first-order valence-corrected chi connectivity index (χ1v) is 7.15. The second-order valence-corrected chi connectivity index (χ2v) is 6.08. The van der Waals surface area contributed by atoms with Crippen molar-refractivity contribution >= 4 is 15.9 Å². The van der Waals surface area contributed by atoms with Gasteiger partial charge in [-0.05, 0) is 30.0 Å². The Morgan fingerprint density at radius 3 is 2.83 bits per heavy atom. The van der Waals surface area contributed by atoms with Crippen molar-refractivity contribution in [3.63, 3.8) is 0 Å². The fraction of sp³-hybridized carbons (Fsp3) is 0.571. The van der Waals surface area contributed by atoms with Crippen LogP contribution < -0.4 is 5.32 Å². The van der Waals surface area contributed by atoms with Gasteiger partial charge in [0.2, 0.25) is 0 Å². The molecule has 1 aliphatic heterocycles. The van der Waals surface area contributed by atoms with Gasteiger partial charge in [-0.15, -0.1) is 0 Å². The maximum absolute atomic E-state index is 13.0. The summed E-state index contributed by atoms with van der Waals surface area (Å²) in [5.41, 5.74) is 1.01. The van der Waals surface area contributed by atoms with E-state index >= 15 is 0 Å². The van der Waals surface area contributed by atoms with Crippen molar-refractivity contribution in [3.05, 3.63) is 34.1 Å². The molecule has 2 unspecified atom stereocenters. The zero-order valence-corrected chi connectivity index (χ0v) is 12.3. The minimum absolute atomic E-state index is 0.00314. The van der Waals surface area contributed by atoms with E-state index in [2.05, 4.69) is 35.1 Å². The van der Waals surface area contributed by atoms with Gasteiger partial charge in [-0.3, -0.25) is 0 Å². The quantitative estimate of drug-likeness (QED) is 0.919. The number of nitrogens with one attached hydrogen (secondary N) is 1. The lowest BCUT2D eigenvalue weighted by molar-refractivity contribution is -0.00171. The van der Waals surface area contributed by atoms with E-state index in [9.17, 15) is 4.39 Å². The summed E-state index contributed by atoms with van der Waals surface area (Å²) in [7, 11) is 0. The standard InChI is InChI=1S/C14H19BrFNO/c1-9(2)5-11-8-18-14(7-17-11)12-4-3-10(16)6-13(12)15/h3-4,6,9,11,14,17H,5,7-8H2,1-2H3. The maximum Gasteiger partial charge on any atom is 0.124 e. The summed E-state index contributed by atoms with van der Waals surface area (Å²) in [6.45, 7) is 5.92. The molecule has 0 saturated carbocycles. The van der Waals surface area contributed by atoms with Gasteiger partial charge in [0, 0.05) is 17.1 Å². The van der Waals surface area contributed by atoms with Crippen LogP contribution in [-0.2, 0) is 4.74 Å². The van der Waals surface area contributed by atoms with E-state index in [1.165, 1.54) is 12.1 Å². The van der Waals surface area contributed by atoms with Crippen molar-refractivity contribution < 1.29 is 9.13 Å². The lowest BCUT2D eigenvalue weighted by Crippen LogP contribution is -2.43. The summed E-state index contributed by atoms with van der Waals surface area (Å²) >= 11 is 3.39. The summed E-state index contributed by atoms with van der Waals surface area (Å²) in [5, 5.41) is 3.50. The van der Waals surface area contributed by atoms with Gasteiger partial charge in [0.25, 0.3) is 0 Å². The number of halogens is 2. The van der Waals surface area contributed by atoms with Crippen molar-refractivity contribution in [2.75, 3.05) is 13.2 Å². The Morgan fingerprint density at radius 1 is 1.50 bits per heavy atom. The molecule has 1 aliphatic rings. The summed E-state index contributed by atoms with van der Waals surface area (Å²) < 4.78 is 19.7. The summed E-state index contributed by atoms with van der Waals surface area (Å²) in [6.07, 6.45) is 1.13. The number of morpholine rings is 1. The summed E-state index contributed by atoms with van der Waals surface area (Å²) in [5.74, 6) is 0.437. The van der Waals surface area contributed by atoms with Crippen LogP contribution in [-0.4, -0.2) is 19.2 Å². The van der Waals surface area contributed by atoms with Gasteiger partial charge in [0.05, 0.1) is 12.7 Å². The fourth-order valence-electron chi connectivity index (χ4n) is 2.31. The van der Waals surface area contributed by atoms with E-state index in [4.69, 9.17) is 4.74 Å². The van der Waals surface area contributed by atoms with E-state index in [0.717, 1.165) is 23.0 Å². The first-order chi connectivity index (χ1) is 8.56. The molecule has 0 spiro atoms. The van der Waals surface area contributed by atoms with Crippen LogP contribution in [0, 0.1) is 11.7 Å². The van der Waals surface area contributed by atoms with E-state index in [1.54, 1.807) is 6.07 Å². The van der Waals surface area contributed by atoms with Crippen molar-refractivity contribution in [3.8, 4) is 0 Å². The molecule has 1 fully saturated rings. The van der Waals surface area contributed by atoms with Crippen LogP contribution in [0.15, 0.2) is 22.7 Å². The van der Waals surface area contributed by atoms with Gasteiger partial charge in [-0.1, -0.05) is 35.8 Å². The summed E-state index contributed by atoms with van der Waals surface area (Å²) in [6, 6.07) is 5.18. The van der Waals surface area contributed by atoms with Crippen LogP contribution in [0.3, 0.4) is 0 Å². The molecule has 1 aromatic carbocycles. The molecular formula is C14H19BrFNO. The Kier molecular flexibility index (Phi) is 4.76. The zero-order chi connectivity index (χ0) is 13.1. The number of hydrogen-bond acceptors (Lipinski definition) is 2. The highest BCUT2D eigenvalue weighted by atomic mass is 79.9. The largest absolute Gasteiger partial charge is 0.371 e. The number of benzene rings is 1. The molecule has 0 bridgehead atoms. The lowest BCUT2D eigenvalue weighted by atomic mass is 10.0. The smallest absolute Gasteiger partial charge is 0.124 e. The molecule has 1 aromatic rings. The molecule has 18 heavy (non-hydrogen) atoms. The van der Waals surface area contributed by atoms with Gasteiger partial charge in [0.1, 0.15) is 5.82 Å². The van der Waals surface area contributed by atoms with Gasteiger partial charge in [-0.25, -0.2) is 4.39 Å². The Morgan fingerprint density at radius 2 is 2.28 bits per heavy atom. The molecule has 4 heteroatoms. The van der Waals surface area contributed by atoms with Crippen molar-refractivity contribution in [1.82, 2.24) is 5.32 Å². The highest BCUT2D eigenvalue weighted by Crippen LogP contribution is 2.28. The first kappa shape index (κ1) is 14.0. The van der Waals surface area contributed by atoms with Crippen LogP contribution in [0.1, 0.15) is 31.9 Å². The van der Waals surface area contributed by atoms with E-state index in [-0.39, 0.29) is 11.9 Å². The molecule has 0 radical (unpaired) electrons. The fourth-order valence-corrected chi connectivity index (χ4v) is 2.91. The maximum atomic E-state index is 13.0. The SMILES string of the molecule is CC(C)CC1COC(c2ccc(F)cc2Br)CN1.